The van der Waals surface area contributed by atoms with E-state index in [1.54, 1.807) is 6.20 Å². The Hall–Kier alpha value is -2.21. The molecule has 2 aromatic rings. The maximum atomic E-state index is 5.44. The van der Waals surface area contributed by atoms with Gasteiger partial charge in [0.05, 0.1) is 0 Å². The molecule has 0 amide bonds. The molecule has 2 heterocycles. The lowest BCUT2D eigenvalue weighted by Crippen LogP contribution is -2.10. The summed E-state index contributed by atoms with van der Waals surface area (Å²) < 4.78 is 0. The van der Waals surface area contributed by atoms with Crippen molar-refractivity contribution in [1.29, 1.82) is 0 Å². The van der Waals surface area contributed by atoms with Crippen LogP contribution >= 0.6 is 0 Å². The van der Waals surface area contributed by atoms with Crippen LogP contribution in [0.2, 0.25) is 0 Å². The molecule has 2 aromatic heterocycles. The van der Waals surface area contributed by atoms with Gasteiger partial charge >= 0.3 is 0 Å². The molecule has 0 aromatic carbocycles. The summed E-state index contributed by atoms with van der Waals surface area (Å²) in [5.41, 5.74) is 6.55. The van der Waals surface area contributed by atoms with Crippen LogP contribution in [0, 0.1) is 0 Å². The summed E-state index contributed by atoms with van der Waals surface area (Å²) in [5.74, 6) is 1.59. The molecule has 0 aliphatic rings. The van der Waals surface area contributed by atoms with Gasteiger partial charge in [-0.15, -0.1) is 0 Å². The summed E-state index contributed by atoms with van der Waals surface area (Å²) in [5, 5.41) is 6.44. The predicted molar refractivity (Wildman–Crippen MR) is 75.8 cm³/mol. The monoisotopic (exact) mass is 258 g/mol. The Kier molecular flexibility index (Phi) is 5.06. The van der Waals surface area contributed by atoms with Gasteiger partial charge in [0, 0.05) is 31.5 Å². The Morgan fingerprint density at radius 3 is 2.74 bits per heavy atom. The first-order chi connectivity index (χ1) is 9.38. The molecule has 0 spiro atoms. The number of rotatable bonds is 7. The van der Waals surface area contributed by atoms with Gasteiger partial charge in [-0.1, -0.05) is 6.07 Å². The highest BCUT2D eigenvalue weighted by Crippen LogP contribution is 2.09. The maximum Gasteiger partial charge on any atom is 0.131 e. The van der Waals surface area contributed by atoms with E-state index in [4.69, 9.17) is 5.73 Å². The average molecular weight is 258 g/mol. The zero-order valence-electron chi connectivity index (χ0n) is 10.7. The van der Waals surface area contributed by atoms with Crippen LogP contribution in [0.3, 0.4) is 0 Å². The number of hydrogen-bond donors (Lipinski definition) is 3. The van der Waals surface area contributed by atoms with Crippen molar-refractivity contribution in [3.05, 3.63) is 42.5 Å². The third-order valence-corrected chi connectivity index (χ3v) is 2.55. The summed E-state index contributed by atoms with van der Waals surface area (Å²) in [4.78, 5) is 12.4. The second kappa shape index (κ2) is 7.27. The number of nitrogens with one attached hydrogen (secondary N) is 2. The number of anilines is 2. The van der Waals surface area contributed by atoms with E-state index in [-0.39, 0.29) is 0 Å². The van der Waals surface area contributed by atoms with E-state index in [0.717, 1.165) is 30.2 Å². The molecule has 6 nitrogen and oxygen atoms in total. The molecule has 0 atom stereocenters. The van der Waals surface area contributed by atoms with E-state index < -0.39 is 0 Å². The molecular weight excluding hydrogens is 240 g/mol. The summed E-state index contributed by atoms with van der Waals surface area (Å²) >= 11 is 0. The quantitative estimate of drug-likeness (QED) is 0.648. The molecule has 100 valence electrons. The third-order valence-electron chi connectivity index (χ3n) is 2.55. The Labute approximate surface area is 112 Å². The van der Waals surface area contributed by atoms with Crippen molar-refractivity contribution in [3.8, 4) is 0 Å². The first-order valence-corrected chi connectivity index (χ1v) is 6.27. The Bertz CT molecular complexity index is 488. The smallest absolute Gasteiger partial charge is 0.131 e. The minimum atomic E-state index is 0.671. The highest BCUT2D eigenvalue weighted by molar-refractivity contribution is 5.46. The average Bonchev–Trinajstić information content (AvgIpc) is 2.47. The van der Waals surface area contributed by atoms with Crippen molar-refractivity contribution in [2.24, 2.45) is 5.73 Å². The second-order valence-corrected chi connectivity index (χ2v) is 4.07. The van der Waals surface area contributed by atoms with Gasteiger partial charge in [-0.2, -0.15) is 0 Å². The lowest BCUT2D eigenvalue weighted by Gasteiger charge is -2.08. The van der Waals surface area contributed by atoms with Crippen LogP contribution in [-0.2, 0) is 6.54 Å². The summed E-state index contributed by atoms with van der Waals surface area (Å²) in [6, 6.07) is 5.81. The fraction of sp³-hybridized carbons (Fsp3) is 0.308. The molecule has 0 bridgehead atoms. The normalized spacial score (nSPS) is 10.2. The molecule has 4 N–H and O–H groups in total. The molecule has 19 heavy (non-hydrogen) atoms. The lowest BCUT2D eigenvalue weighted by molar-refractivity contribution is 0.869. The number of hydrogen-bond acceptors (Lipinski definition) is 6. The summed E-state index contributed by atoms with van der Waals surface area (Å²) in [6.45, 7) is 2.17. The van der Waals surface area contributed by atoms with Gasteiger partial charge in [0.2, 0.25) is 0 Å². The van der Waals surface area contributed by atoms with Crippen LogP contribution in [0.25, 0.3) is 0 Å². The van der Waals surface area contributed by atoms with Gasteiger partial charge in [-0.3, -0.25) is 4.98 Å². The zero-order valence-corrected chi connectivity index (χ0v) is 10.7. The minimum absolute atomic E-state index is 0.671. The van der Waals surface area contributed by atoms with Crippen LogP contribution in [0.1, 0.15) is 12.0 Å². The predicted octanol–water partition coefficient (Wildman–Crippen LogP) is 1.24. The highest BCUT2D eigenvalue weighted by Gasteiger charge is 1.98. The van der Waals surface area contributed by atoms with Crippen molar-refractivity contribution < 1.29 is 0 Å². The van der Waals surface area contributed by atoms with Crippen molar-refractivity contribution >= 4 is 11.6 Å². The molecule has 0 saturated carbocycles. The molecule has 0 radical (unpaired) electrons. The first-order valence-electron chi connectivity index (χ1n) is 6.27. The Morgan fingerprint density at radius 2 is 2.00 bits per heavy atom. The fourth-order valence-corrected chi connectivity index (χ4v) is 1.56. The van der Waals surface area contributed by atoms with E-state index in [2.05, 4.69) is 25.6 Å². The van der Waals surface area contributed by atoms with Gasteiger partial charge in [0.25, 0.3) is 0 Å². The number of nitrogens with two attached hydrogens (primary N) is 1. The largest absolute Gasteiger partial charge is 0.370 e. The topological polar surface area (TPSA) is 88.8 Å². The number of aromatic nitrogens is 3. The molecule has 6 heteroatoms. The van der Waals surface area contributed by atoms with Gasteiger partial charge in [0.1, 0.15) is 18.0 Å². The van der Waals surface area contributed by atoms with Crippen LogP contribution in [0.4, 0.5) is 11.6 Å². The van der Waals surface area contributed by atoms with Gasteiger partial charge in [-0.25, -0.2) is 9.97 Å². The first kappa shape index (κ1) is 13.2. The van der Waals surface area contributed by atoms with Crippen LogP contribution in [0.5, 0.6) is 0 Å². The zero-order chi connectivity index (χ0) is 13.3. The Balaban J connectivity index is 1.88. The van der Waals surface area contributed by atoms with Crippen molar-refractivity contribution in [2.75, 3.05) is 23.7 Å². The summed E-state index contributed by atoms with van der Waals surface area (Å²) in [7, 11) is 0. The van der Waals surface area contributed by atoms with Crippen molar-refractivity contribution in [3.63, 3.8) is 0 Å². The highest BCUT2D eigenvalue weighted by atomic mass is 15.1. The van der Waals surface area contributed by atoms with Crippen LogP contribution < -0.4 is 16.4 Å². The van der Waals surface area contributed by atoms with E-state index in [1.807, 2.05) is 24.4 Å². The molecule has 0 unspecified atom stereocenters. The molecule has 0 saturated heterocycles. The molecule has 0 fully saturated rings. The van der Waals surface area contributed by atoms with Crippen LogP contribution in [0.15, 0.2) is 36.9 Å². The van der Waals surface area contributed by atoms with Gasteiger partial charge in [0.15, 0.2) is 0 Å². The van der Waals surface area contributed by atoms with E-state index in [9.17, 15) is 0 Å². The minimum Gasteiger partial charge on any atom is -0.370 e. The maximum absolute atomic E-state index is 5.44. The van der Waals surface area contributed by atoms with Gasteiger partial charge < -0.3 is 16.4 Å². The fourth-order valence-electron chi connectivity index (χ4n) is 1.56. The molecule has 2 rings (SSSR count). The Morgan fingerprint density at radius 1 is 1.16 bits per heavy atom. The van der Waals surface area contributed by atoms with Crippen molar-refractivity contribution in [1.82, 2.24) is 15.0 Å². The molecular formula is C13H18N6. The van der Waals surface area contributed by atoms with Crippen LogP contribution in [-0.4, -0.2) is 28.0 Å². The lowest BCUT2D eigenvalue weighted by atomic mass is 10.3. The second-order valence-electron chi connectivity index (χ2n) is 4.07. The van der Waals surface area contributed by atoms with Gasteiger partial charge in [-0.05, 0) is 24.6 Å². The molecule has 0 aliphatic heterocycles. The molecule has 0 aliphatic carbocycles. The van der Waals surface area contributed by atoms with E-state index in [1.165, 1.54) is 6.33 Å². The summed E-state index contributed by atoms with van der Waals surface area (Å²) in [6.07, 6.45) is 6.04. The van der Waals surface area contributed by atoms with Crippen molar-refractivity contribution in [2.45, 2.75) is 13.0 Å². The standard InChI is InChI=1S/C13H18N6/c14-4-2-6-16-12-7-13(19-10-18-12)17-9-11-3-1-5-15-8-11/h1,3,5,7-8,10H,2,4,6,9,14H2,(H2,16,17,18,19). The van der Waals surface area contributed by atoms with E-state index in [0.29, 0.717) is 13.1 Å². The third kappa shape index (κ3) is 4.51. The SMILES string of the molecule is NCCCNc1cc(NCc2cccnc2)ncn1. The number of pyridine rings is 1. The number of nitrogens with zero attached hydrogens (tertiary/aromatic N) is 3. The van der Waals surface area contributed by atoms with E-state index >= 15 is 0 Å².